The van der Waals surface area contributed by atoms with Gasteiger partial charge in [-0.1, -0.05) is 78.1 Å². The van der Waals surface area contributed by atoms with Gasteiger partial charge in [0.15, 0.2) is 0 Å². The number of imide groups is 2. The predicted octanol–water partition coefficient (Wildman–Crippen LogP) is 4.89. The summed E-state index contributed by atoms with van der Waals surface area (Å²) in [5, 5.41) is 0. The van der Waals surface area contributed by atoms with E-state index in [4.69, 9.17) is 0 Å². The van der Waals surface area contributed by atoms with E-state index in [1.807, 2.05) is 0 Å². The van der Waals surface area contributed by atoms with E-state index >= 15 is 0 Å². The number of rotatable bonds is 14. The first-order chi connectivity index (χ1) is 12.1. The Morgan fingerprint density at radius 2 is 0.960 bits per heavy atom. The molecule has 5 heteroatoms. The summed E-state index contributed by atoms with van der Waals surface area (Å²) in [6.07, 6.45) is 13.2. The van der Waals surface area contributed by atoms with Gasteiger partial charge in [0.2, 0.25) is 11.8 Å². The SMILES string of the molecule is CCCCCCCCN1C(=O)CC(=O)N(CCCCCCCC)C1=O. The highest BCUT2D eigenvalue weighted by Gasteiger charge is 2.36. The second kappa shape index (κ2) is 12.9. The number of amides is 4. The van der Waals surface area contributed by atoms with Crippen LogP contribution in [0.3, 0.4) is 0 Å². The molecule has 1 aliphatic heterocycles. The minimum absolute atomic E-state index is 0.155. The summed E-state index contributed by atoms with van der Waals surface area (Å²) in [5.74, 6) is -0.662. The molecule has 0 spiro atoms. The van der Waals surface area contributed by atoms with Crippen molar-refractivity contribution in [2.24, 2.45) is 0 Å². The van der Waals surface area contributed by atoms with Crippen LogP contribution in [-0.4, -0.2) is 40.7 Å². The van der Waals surface area contributed by atoms with Crippen LogP contribution in [0.4, 0.5) is 4.79 Å². The van der Waals surface area contributed by atoms with Gasteiger partial charge < -0.3 is 0 Å². The van der Waals surface area contributed by atoms with Crippen LogP contribution in [0.1, 0.15) is 97.3 Å². The smallest absolute Gasteiger partial charge is 0.274 e. The minimum Gasteiger partial charge on any atom is -0.274 e. The summed E-state index contributed by atoms with van der Waals surface area (Å²) in [5.41, 5.74) is 0. The van der Waals surface area contributed by atoms with Crippen LogP contribution in [0.2, 0.25) is 0 Å². The molecular weight excluding hydrogens is 316 g/mol. The molecule has 0 atom stereocenters. The minimum atomic E-state index is -0.400. The Labute approximate surface area is 153 Å². The van der Waals surface area contributed by atoms with Gasteiger partial charge in [0.25, 0.3) is 0 Å². The maximum Gasteiger partial charge on any atom is 0.333 e. The third kappa shape index (κ3) is 8.02. The molecule has 1 rings (SSSR count). The Morgan fingerprint density at radius 1 is 0.600 bits per heavy atom. The van der Waals surface area contributed by atoms with Crippen molar-refractivity contribution in [1.82, 2.24) is 9.80 Å². The molecule has 0 saturated carbocycles. The highest BCUT2D eigenvalue weighted by Crippen LogP contribution is 2.16. The maximum atomic E-state index is 12.5. The van der Waals surface area contributed by atoms with Crippen molar-refractivity contribution in [3.8, 4) is 0 Å². The number of hydrogen-bond acceptors (Lipinski definition) is 3. The third-order valence-corrected chi connectivity index (χ3v) is 4.84. The molecule has 1 aliphatic rings. The monoisotopic (exact) mass is 352 g/mol. The lowest BCUT2D eigenvalue weighted by Gasteiger charge is -2.32. The van der Waals surface area contributed by atoms with Crippen molar-refractivity contribution in [3.63, 3.8) is 0 Å². The lowest BCUT2D eigenvalue weighted by atomic mass is 10.1. The molecule has 0 radical (unpaired) electrons. The van der Waals surface area contributed by atoms with Gasteiger partial charge in [-0.05, 0) is 12.8 Å². The Kier molecular flexibility index (Phi) is 11.2. The van der Waals surface area contributed by atoms with Crippen molar-refractivity contribution in [2.45, 2.75) is 97.3 Å². The summed E-state index contributed by atoms with van der Waals surface area (Å²) in [4.78, 5) is 39.1. The van der Waals surface area contributed by atoms with E-state index in [2.05, 4.69) is 13.8 Å². The van der Waals surface area contributed by atoms with Gasteiger partial charge in [-0.3, -0.25) is 19.4 Å². The number of urea groups is 1. The van der Waals surface area contributed by atoms with Crippen molar-refractivity contribution < 1.29 is 14.4 Å². The molecular formula is C20H36N2O3. The Hall–Kier alpha value is -1.39. The lowest BCUT2D eigenvalue weighted by molar-refractivity contribution is -0.142. The van der Waals surface area contributed by atoms with Crippen LogP contribution in [0.15, 0.2) is 0 Å². The Morgan fingerprint density at radius 3 is 1.36 bits per heavy atom. The van der Waals surface area contributed by atoms with Crippen LogP contribution in [0, 0.1) is 0 Å². The quantitative estimate of drug-likeness (QED) is 0.330. The van der Waals surface area contributed by atoms with Gasteiger partial charge in [-0.25, -0.2) is 4.79 Å². The highest BCUT2D eigenvalue weighted by molar-refractivity contribution is 6.14. The first kappa shape index (κ1) is 21.7. The summed E-state index contributed by atoms with van der Waals surface area (Å²) < 4.78 is 0. The van der Waals surface area contributed by atoms with Crippen molar-refractivity contribution in [3.05, 3.63) is 0 Å². The van der Waals surface area contributed by atoms with Crippen molar-refractivity contribution >= 4 is 17.8 Å². The topological polar surface area (TPSA) is 57.7 Å². The molecule has 1 fully saturated rings. The van der Waals surface area contributed by atoms with E-state index < -0.39 is 6.03 Å². The van der Waals surface area contributed by atoms with Gasteiger partial charge in [0, 0.05) is 13.1 Å². The molecule has 0 aromatic heterocycles. The Bertz CT molecular complexity index is 387. The molecule has 0 unspecified atom stereocenters. The van der Waals surface area contributed by atoms with E-state index in [0.717, 1.165) is 38.5 Å². The van der Waals surface area contributed by atoms with E-state index in [0.29, 0.717) is 13.1 Å². The predicted molar refractivity (Wildman–Crippen MR) is 100 cm³/mol. The van der Waals surface area contributed by atoms with Crippen molar-refractivity contribution in [2.75, 3.05) is 13.1 Å². The number of hydrogen-bond donors (Lipinski definition) is 0. The number of nitrogens with zero attached hydrogens (tertiary/aromatic N) is 2. The molecule has 0 N–H and O–H groups in total. The van der Waals surface area contributed by atoms with Gasteiger partial charge in [-0.15, -0.1) is 0 Å². The van der Waals surface area contributed by atoms with Crippen molar-refractivity contribution in [1.29, 1.82) is 0 Å². The molecule has 0 aliphatic carbocycles. The van der Waals surface area contributed by atoms with Gasteiger partial charge >= 0.3 is 6.03 Å². The fourth-order valence-corrected chi connectivity index (χ4v) is 3.22. The largest absolute Gasteiger partial charge is 0.333 e. The number of barbiturate groups is 1. The number of unbranched alkanes of at least 4 members (excludes halogenated alkanes) is 10. The summed E-state index contributed by atoms with van der Waals surface area (Å²) in [6.45, 7) is 5.26. The van der Waals surface area contributed by atoms with E-state index in [1.54, 1.807) is 0 Å². The molecule has 1 saturated heterocycles. The van der Waals surface area contributed by atoms with Gasteiger partial charge in [-0.2, -0.15) is 0 Å². The Balaban J connectivity index is 2.34. The highest BCUT2D eigenvalue weighted by atomic mass is 16.2. The fraction of sp³-hybridized carbons (Fsp3) is 0.850. The van der Waals surface area contributed by atoms with Crippen LogP contribution in [-0.2, 0) is 9.59 Å². The first-order valence-corrected chi connectivity index (χ1v) is 10.3. The second-order valence-electron chi connectivity index (χ2n) is 7.09. The fourth-order valence-electron chi connectivity index (χ4n) is 3.22. The average molecular weight is 353 g/mol. The molecule has 144 valence electrons. The molecule has 25 heavy (non-hydrogen) atoms. The average Bonchev–Trinajstić information content (AvgIpc) is 2.58. The molecule has 5 nitrogen and oxygen atoms in total. The van der Waals surface area contributed by atoms with Crippen LogP contribution >= 0.6 is 0 Å². The van der Waals surface area contributed by atoms with Crippen LogP contribution < -0.4 is 0 Å². The summed E-state index contributed by atoms with van der Waals surface area (Å²) in [6, 6.07) is -0.400. The third-order valence-electron chi connectivity index (χ3n) is 4.84. The van der Waals surface area contributed by atoms with E-state index in [9.17, 15) is 14.4 Å². The molecule has 4 amide bonds. The number of carbonyl (C=O) groups is 3. The zero-order chi connectivity index (χ0) is 18.5. The zero-order valence-electron chi connectivity index (χ0n) is 16.2. The van der Waals surface area contributed by atoms with E-state index in [1.165, 1.54) is 48.3 Å². The standard InChI is InChI=1S/C20H36N2O3/c1-3-5-7-9-11-13-15-21-18(23)17-19(24)22(20(21)25)16-14-12-10-8-6-4-2/h3-17H2,1-2H3. The maximum absolute atomic E-state index is 12.5. The molecule has 0 aromatic carbocycles. The first-order valence-electron chi connectivity index (χ1n) is 10.3. The lowest BCUT2D eigenvalue weighted by Crippen LogP contribution is -2.55. The number of carbonyl (C=O) groups excluding carboxylic acids is 3. The molecule has 0 aromatic rings. The molecule has 0 bridgehead atoms. The van der Waals surface area contributed by atoms with Gasteiger partial charge in [0.1, 0.15) is 6.42 Å². The van der Waals surface area contributed by atoms with Gasteiger partial charge in [0.05, 0.1) is 0 Å². The summed E-state index contributed by atoms with van der Waals surface area (Å²) in [7, 11) is 0. The molecule has 1 heterocycles. The zero-order valence-corrected chi connectivity index (χ0v) is 16.2. The van der Waals surface area contributed by atoms with Crippen LogP contribution in [0.5, 0.6) is 0 Å². The van der Waals surface area contributed by atoms with Crippen LogP contribution in [0.25, 0.3) is 0 Å². The second-order valence-corrected chi connectivity index (χ2v) is 7.09. The van der Waals surface area contributed by atoms with E-state index in [-0.39, 0.29) is 18.2 Å². The summed E-state index contributed by atoms with van der Waals surface area (Å²) >= 11 is 0. The normalized spacial score (nSPS) is 15.4.